The highest BCUT2D eigenvalue weighted by Crippen LogP contribution is 2.48. The Morgan fingerprint density at radius 3 is 1.94 bits per heavy atom. The van der Waals surface area contributed by atoms with Gasteiger partial charge in [0, 0.05) is 5.30 Å². The van der Waals surface area contributed by atoms with Crippen LogP contribution in [0, 0.1) is 0 Å². The SMILES string of the molecule is CC(C)(C)P(c1ccccc1)c1ccccc1O. The van der Waals surface area contributed by atoms with Crippen molar-refractivity contribution in [3.8, 4) is 5.75 Å². The molecule has 2 heteroatoms. The van der Waals surface area contributed by atoms with Crippen LogP contribution in [0.1, 0.15) is 20.8 Å². The smallest absolute Gasteiger partial charge is 0.123 e. The molecule has 1 nitrogen and oxygen atoms in total. The summed E-state index contributed by atoms with van der Waals surface area (Å²) in [6, 6.07) is 18.2. The summed E-state index contributed by atoms with van der Waals surface area (Å²) in [4.78, 5) is 0. The molecule has 0 fully saturated rings. The lowest BCUT2D eigenvalue weighted by molar-refractivity contribution is 0.479. The second kappa shape index (κ2) is 5.12. The Balaban J connectivity index is 2.55. The highest BCUT2D eigenvalue weighted by molar-refractivity contribution is 7.74. The Morgan fingerprint density at radius 2 is 1.39 bits per heavy atom. The molecule has 0 aromatic heterocycles. The lowest BCUT2D eigenvalue weighted by atomic mass is 10.2. The van der Waals surface area contributed by atoms with Crippen LogP contribution in [0.4, 0.5) is 0 Å². The van der Waals surface area contributed by atoms with E-state index in [4.69, 9.17) is 0 Å². The first kappa shape index (κ1) is 13.1. The van der Waals surface area contributed by atoms with Crippen molar-refractivity contribution in [1.29, 1.82) is 0 Å². The van der Waals surface area contributed by atoms with Gasteiger partial charge in [0.15, 0.2) is 0 Å². The summed E-state index contributed by atoms with van der Waals surface area (Å²) in [5, 5.41) is 12.6. The summed E-state index contributed by atoms with van der Waals surface area (Å²) >= 11 is 0. The number of para-hydroxylation sites is 1. The molecule has 0 radical (unpaired) electrons. The van der Waals surface area contributed by atoms with Gasteiger partial charge in [0.1, 0.15) is 5.75 Å². The van der Waals surface area contributed by atoms with Crippen LogP contribution in [-0.4, -0.2) is 10.3 Å². The van der Waals surface area contributed by atoms with Crippen molar-refractivity contribution in [3.05, 3.63) is 54.6 Å². The Kier molecular flexibility index (Phi) is 3.73. The van der Waals surface area contributed by atoms with E-state index in [1.54, 1.807) is 6.07 Å². The predicted molar refractivity (Wildman–Crippen MR) is 80.5 cm³/mol. The lowest BCUT2D eigenvalue weighted by Crippen LogP contribution is -2.26. The number of aromatic hydroxyl groups is 1. The van der Waals surface area contributed by atoms with E-state index in [2.05, 4.69) is 45.0 Å². The molecule has 0 aliphatic carbocycles. The van der Waals surface area contributed by atoms with Crippen molar-refractivity contribution in [2.75, 3.05) is 0 Å². The highest BCUT2D eigenvalue weighted by Gasteiger charge is 2.29. The van der Waals surface area contributed by atoms with Crippen molar-refractivity contribution in [1.82, 2.24) is 0 Å². The van der Waals surface area contributed by atoms with Gasteiger partial charge < -0.3 is 5.11 Å². The van der Waals surface area contributed by atoms with Crippen LogP contribution in [0.5, 0.6) is 5.75 Å². The van der Waals surface area contributed by atoms with Crippen LogP contribution in [0.15, 0.2) is 54.6 Å². The van der Waals surface area contributed by atoms with Gasteiger partial charge in [-0.1, -0.05) is 69.3 Å². The summed E-state index contributed by atoms with van der Waals surface area (Å²) < 4.78 is 0. The molecule has 2 aromatic carbocycles. The van der Waals surface area contributed by atoms with Gasteiger partial charge in [-0.3, -0.25) is 0 Å². The molecule has 0 spiro atoms. The van der Waals surface area contributed by atoms with Crippen LogP contribution in [0.2, 0.25) is 0 Å². The number of phenolic OH excluding ortho intramolecular Hbond substituents is 1. The molecule has 1 N–H and O–H groups in total. The lowest BCUT2D eigenvalue weighted by Gasteiger charge is -2.32. The number of hydrogen-bond donors (Lipinski definition) is 1. The summed E-state index contributed by atoms with van der Waals surface area (Å²) in [6.07, 6.45) is 0. The standard InChI is InChI=1S/C16H19OP/c1-16(2,3)18(13-9-5-4-6-10-13)15-12-8-7-11-14(15)17/h4-12,17H,1-3H3. The molecule has 94 valence electrons. The summed E-state index contributed by atoms with van der Waals surface area (Å²) in [5.41, 5.74) is 0. The van der Waals surface area contributed by atoms with E-state index < -0.39 is 7.92 Å². The third-order valence-electron chi connectivity index (χ3n) is 2.81. The Morgan fingerprint density at radius 1 is 0.833 bits per heavy atom. The first-order chi connectivity index (χ1) is 8.50. The third kappa shape index (κ3) is 2.73. The molecule has 0 aliphatic heterocycles. The zero-order valence-corrected chi connectivity index (χ0v) is 12.0. The first-order valence-corrected chi connectivity index (χ1v) is 7.47. The van der Waals surface area contributed by atoms with E-state index in [1.807, 2.05) is 24.3 Å². The van der Waals surface area contributed by atoms with Crippen molar-refractivity contribution in [2.24, 2.45) is 0 Å². The average molecular weight is 258 g/mol. The fraction of sp³-hybridized carbons (Fsp3) is 0.250. The van der Waals surface area contributed by atoms with Crippen LogP contribution in [0.3, 0.4) is 0 Å². The summed E-state index contributed by atoms with van der Waals surface area (Å²) in [7, 11) is -0.563. The third-order valence-corrected chi connectivity index (χ3v) is 5.82. The fourth-order valence-corrected chi connectivity index (χ4v) is 4.90. The van der Waals surface area contributed by atoms with E-state index in [1.165, 1.54) is 5.30 Å². The van der Waals surface area contributed by atoms with Crippen molar-refractivity contribution >= 4 is 18.5 Å². The zero-order valence-electron chi connectivity index (χ0n) is 11.1. The topological polar surface area (TPSA) is 20.2 Å². The van der Waals surface area contributed by atoms with Gasteiger partial charge >= 0.3 is 0 Å². The second-order valence-electron chi connectivity index (χ2n) is 5.33. The molecule has 1 atom stereocenters. The second-order valence-corrected chi connectivity index (χ2v) is 8.34. The van der Waals surface area contributed by atoms with E-state index in [0.29, 0.717) is 5.75 Å². The average Bonchev–Trinajstić information content (AvgIpc) is 2.32. The van der Waals surface area contributed by atoms with Gasteiger partial charge in [-0.05, 0) is 24.4 Å². The molecule has 0 bridgehead atoms. The monoisotopic (exact) mass is 258 g/mol. The maximum Gasteiger partial charge on any atom is 0.123 e. The molecular weight excluding hydrogens is 239 g/mol. The number of rotatable bonds is 2. The number of benzene rings is 2. The minimum Gasteiger partial charge on any atom is -0.507 e. The van der Waals surface area contributed by atoms with Gasteiger partial charge in [0.2, 0.25) is 0 Å². The van der Waals surface area contributed by atoms with E-state index in [-0.39, 0.29) is 5.16 Å². The van der Waals surface area contributed by atoms with Crippen molar-refractivity contribution < 1.29 is 5.11 Å². The number of phenols is 1. The van der Waals surface area contributed by atoms with Crippen LogP contribution in [0.25, 0.3) is 0 Å². The van der Waals surface area contributed by atoms with Gasteiger partial charge in [0.25, 0.3) is 0 Å². The Labute approximate surface area is 110 Å². The summed E-state index contributed by atoms with van der Waals surface area (Å²) in [5.74, 6) is 0.405. The van der Waals surface area contributed by atoms with Crippen molar-refractivity contribution in [2.45, 2.75) is 25.9 Å². The van der Waals surface area contributed by atoms with Gasteiger partial charge in [-0.25, -0.2) is 0 Å². The maximum absolute atomic E-state index is 10.1. The van der Waals surface area contributed by atoms with Crippen LogP contribution in [-0.2, 0) is 0 Å². The van der Waals surface area contributed by atoms with E-state index in [0.717, 1.165) is 5.30 Å². The minimum atomic E-state index is -0.563. The Bertz CT molecular complexity index is 514. The molecule has 0 amide bonds. The fourth-order valence-electron chi connectivity index (χ4n) is 2.12. The van der Waals surface area contributed by atoms with E-state index in [9.17, 15) is 5.11 Å². The molecule has 0 saturated heterocycles. The van der Waals surface area contributed by atoms with Crippen molar-refractivity contribution in [3.63, 3.8) is 0 Å². The van der Waals surface area contributed by atoms with Crippen LogP contribution < -0.4 is 10.6 Å². The minimum absolute atomic E-state index is 0.121. The van der Waals surface area contributed by atoms with Gasteiger partial charge in [-0.15, -0.1) is 0 Å². The zero-order chi connectivity index (χ0) is 13.2. The molecule has 2 aromatic rings. The molecule has 2 rings (SSSR count). The molecule has 0 saturated carbocycles. The molecule has 18 heavy (non-hydrogen) atoms. The van der Waals surface area contributed by atoms with E-state index >= 15 is 0 Å². The molecule has 0 aliphatic rings. The Hall–Kier alpha value is -1.33. The normalized spacial score (nSPS) is 13.3. The molecular formula is C16H19OP. The predicted octanol–water partition coefficient (Wildman–Crippen LogP) is 3.62. The van der Waals surface area contributed by atoms with Crippen LogP contribution >= 0.6 is 7.92 Å². The first-order valence-electron chi connectivity index (χ1n) is 6.13. The quantitative estimate of drug-likeness (QED) is 0.816. The number of hydrogen-bond acceptors (Lipinski definition) is 1. The van der Waals surface area contributed by atoms with Gasteiger partial charge in [0.05, 0.1) is 0 Å². The highest BCUT2D eigenvalue weighted by atomic mass is 31.1. The summed E-state index contributed by atoms with van der Waals surface area (Å²) in [6.45, 7) is 6.70. The molecule has 0 heterocycles. The molecule has 1 unspecified atom stereocenters. The largest absolute Gasteiger partial charge is 0.507 e. The van der Waals surface area contributed by atoms with Gasteiger partial charge in [-0.2, -0.15) is 0 Å². The maximum atomic E-state index is 10.1.